The van der Waals surface area contributed by atoms with Gasteiger partial charge in [0.1, 0.15) is 30.0 Å². The van der Waals surface area contributed by atoms with Crippen molar-refractivity contribution in [2.45, 2.75) is 77.4 Å². The third-order valence-corrected chi connectivity index (χ3v) is 8.46. The van der Waals surface area contributed by atoms with Crippen LogP contribution in [0.15, 0.2) is 47.9 Å². The second kappa shape index (κ2) is 16.6. The van der Waals surface area contributed by atoms with Gasteiger partial charge in [-0.2, -0.15) is 0 Å². The van der Waals surface area contributed by atoms with Crippen LogP contribution in [0.1, 0.15) is 50.1 Å². The standard InChI is InChI=1S/C35H47N5O8/c1-19(2)33(46-5)31(32(43)21(4)41)40-48-18-30(42)38-28(14-22-16-36-26-10-8-7-9-24(22)26)34(44)39-29(35(45)47-6)15-23-17-37-27-13-20(3)11-12-25(23)27/h7-12,16-17,19-21,28-29,32-33,36-37,41,43H,13-15,18H2,1-6H3,(H,38,42)(H,39,44)/b40-31+/t20?,21-,28+,29+,32+,33+/m1/s1. The summed E-state index contributed by atoms with van der Waals surface area (Å²) >= 11 is 0. The number of aromatic nitrogens is 2. The fraction of sp³-hybridized carbons (Fsp3) is 0.486. The number of hydrogen-bond acceptors (Lipinski definition) is 9. The number of nitrogens with zero attached hydrogens (tertiary/aromatic N) is 1. The van der Waals surface area contributed by atoms with Gasteiger partial charge in [-0.25, -0.2) is 4.79 Å². The quantitative estimate of drug-likeness (QED) is 0.0765. The SMILES string of the molecule is COC(=O)[C@H](Cc1c[nH]c2c1C=CC(C)C2)NC(=O)[C@H](Cc1c[nH]c2ccccc12)NC(=O)CO/N=C(/[C@@H](OC)C(C)C)[C@@H](O)[C@@H](C)O. The number of aliphatic hydroxyl groups is 2. The highest BCUT2D eigenvalue weighted by molar-refractivity contribution is 5.94. The van der Waals surface area contributed by atoms with Gasteiger partial charge in [-0.05, 0) is 47.9 Å². The van der Waals surface area contributed by atoms with Crippen LogP contribution in [0.25, 0.3) is 17.0 Å². The molecule has 0 saturated carbocycles. The number of ether oxygens (including phenoxy) is 2. The van der Waals surface area contributed by atoms with Gasteiger partial charge < -0.3 is 45.1 Å². The number of amides is 2. The van der Waals surface area contributed by atoms with E-state index in [-0.39, 0.29) is 24.5 Å². The van der Waals surface area contributed by atoms with E-state index >= 15 is 0 Å². The monoisotopic (exact) mass is 665 g/mol. The van der Waals surface area contributed by atoms with Crippen molar-refractivity contribution in [2.24, 2.45) is 17.0 Å². The van der Waals surface area contributed by atoms with Gasteiger partial charge in [-0.15, -0.1) is 0 Å². The maximum absolute atomic E-state index is 13.9. The molecule has 13 nitrogen and oxygen atoms in total. The number of rotatable bonds is 16. The Bertz CT molecular complexity index is 1620. The Labute approximate surface area is 280 Å². The van der Waals surface area contributed by atoms with Crippen LogP contribution in [0.2, 0.25) is 0 Å². The van der Waals surface area contributed by atoms with E-state index in [0.717, 1.165) is 39.7 Å². The minimum absolute atomic E-state index is 0.0283. The van der Waals surface area contributed by atoms with E-state index in [1.165, 1.54) is 21.1 Å². The molecule has 2 amide bonds. The molecule has 4 rings (SSSR count). The first-order chi connectivity index (χ1) is 22.9. The van der Waals surface area contributed by atoms with Crippen LogP contribution in [0, 0.1) is 11.8 Å². The summed E-state index contributed by atoms with van der Waals surface area (Å²) in [4.78, 5) is 51.8. The number of nitrogens with one attached hydrogen (secondary N) is 4. The maximum atomic E-state index is 13.9. The molecular weight excluding hydrogens is 618 g/mol. The number of allylic oxidation sites excluding steroid dienone is 1. The Balaban J connectivity index is 1.54. The second-order valence-corrected chi connectivity index (χ2v) is 12.6. The summed E-state index contributed by atoms with van der Waals surface area (Å²) < 4.78 is 10.5. The molecule has 1 aromatic carbocycles. The number of methoxy groups -OCH3 is 2. The van der Waals surface area contributed by atoms with E-state index in [2.05, 4.69) is 38.8 Å². The van der Waals surface area contributed by atoms with Crippen LogP contribution in [0.3, 0.4) is 0 Å². The van der Waals surface area contributed by atoms with E-state index in [1.54, 1.807) is 6.20 Å². The van der Waals surface area contributed by atoms with Crippen LogP contribution in [-0.2, 0) is 48.0 Å². The number of hydrogen-bond donors (Lipinski definition) is 6. The fourth-order valence-corrected chi connectivity index (χ4v) is 5.93. The first kappa shape index (κ1) is 36.4. The summed E-state index contributed by atoms with van der Waals surface area (Å²) in [6.07, 6.45) is 5.63. The lowest BCUT2D eigenvalue weighted by molar-refractivity contribution is -0.145. The van der Waals surface area contributed by atoms with Gasteiger partial charge in [0.25, 0.3) is 5.91 Å². The van der Waals surface area contributed by atoms with Crippen molar-refractivity contribution in [1.82, 2.24) is 20.6 Å². The Kier molecular flexibility index (Phi) is 12.6. The molecule has 2 aromatic heterocycles. The molecule has 3 aromatic rings. The molecule has 0 radical (unpaired) electrons. The Morgan fingerprint density at radius 3 is 2.40 bits per heavy atom. The number of para-hydroxylation sites is 1. The number of benzene rings is 1. The molecular formula is C35H47N5O8. The van der Waals surface area contributed by atoms with Crippen LogP contribution >= 0.6 is 0 Å². The van der Waals surface area contributed by atoms with Crippen molar-refractivity contribution < 1.29 is 38.9 Å². The van der Waals surface area contributed by atoms with E-state index in [1.807, 2.05) is 50.4 Å². The molecule has 2 heterocycles. The molecule has 260 valence electrons. The number of H-pyrrole nitrogens is 2. The summed E-state index contributed by atoms with van der Waals surface area (Å²) in [6, 6.07) is 5.45. The molecule has 0 spiro atoms. The van der Waals surface area contributed by atoms with Gasteiger partial charge in [0, 0.05) is 48.9 Å². The first-order valence-corrected chi connectivity index (χ1v) is 16.1. The van der Waals surface area contributed by atoms with Gasteiger partial charge in [0.2, 0.25) is 5.91 Å². The number of esters is 1. The highest BCUT2D eigenvalue weighted by atomic mass is 16.6. The summed E-state index contributed by atoms with van der Waals surface area (Å²) in [5.74, 6) is -1.62. The lowest BCUT2D eigenvalue weighted by atomic mass is 9.92. The van der Waals surface area contributed by atoms with Gasteiger partial charge in [-0.1, -0.05) is 56.3 Å². The Hall–Kier alpha value is -4.46. The summed E-state index contributed by atoms with van der Waals surface area (Å²) in [5.41, 5.74) is 4.59. The summed E-state index contributed by atoms with van der Waals surface area (Å²) in [6.45, 7) is 6.63. The second-order valence-electron chi connectivity index (χ2n) is 12.6. The summed E-state index contributed by atoms with van der Waals surface area (Å²) in [7, 11) is 2.70. The largest absolute Gasteiger partial charge is 0.467 e. The lowest BCUT2D eigenvalue weighted by Crippen LogP contribution is -2.53. The molecule has 1 aliphatic carbocycles. The molecule has 0 fully saturated rings. The molecule has 13 heteroatoms. The van der Waals surface area contributed by atoms with E-state index in [4.69, 9.17) is 14.3 Å². The molecule has 1 aliphatic rings. The van der Waals surface area contributed by atoms with Crippen molar-refractivity contribution >= 4 is 40.5 Å². The number of aromatic amines is 2. The lowest BCUT2D eigenvalue weighted by Gasteiger charge is -2.25. The molecule has 0 bridgehead atoms. The Morgan fingerprint density at radius 2 is 1.71 bits per heavy atom. The number of carbonyl (C=O) groups excluding carboxylic acids is 3. The smallest absolute Gasteiger partial charge is 0.328 e. The minimum atomic E-state index is -1.39. The van der Waals surface area contributed by atoms with Gasteiger partial charge in [0.05, 0.1) is 13.2 Å². The molecule has 0 saturated heterocycles. The van der Waals surface area contributed by atoms with Crippen LogP contribution < -0.4 is 10.6 Å². The number of aliphatic hydroxyl groups excluding tert-OH is 2. The number of oxime groups is 1. The first-order valence-electron chi connectivity index (χ1n) is 16.1. The Morgan fingerprint density at radius 1 is 1.00 bits per heavy atom. The molecule has 6 N–H and O–H groups in total. The van der Waals surface area contributed by atoms with E-state index < -0.39 is 54.8 Å². The van der Waals surface area contributed by atoms with Gasteiger partial charge in [-0.3, -0.25) is 9.59 Å². The van der Waals surface area contributed by atoms with Crippen molar-refractivity contribution in [3.8, 4) is 0 Å². The van der Waals surface area contributed by atoms with Crippen LogP contribution in [0.4, 0.5) is 0 Å². The molecule has 1 unspecified atom stereocenters. The molecule has 6 atom stereocenters. The zero-order valence-corrected chi connectivity index (χ0v) is 28.3. The normalized spacial score (nSPS) is 17.7. The van der Waals surface area contributed by atoms with Crippen molar-refractivity contribution in [3.63, 3.8) is 0 Å². The van der Waals surface area contributed by atoms with Crippen molar-refractivity contribution in [3.05, 3.63) is 65.1 Å². The predicted molar refractivity (Wildman–Crippen MR) is 181 cm³/mol. The maximum Gasteiger partial charge on any atom is 0.328 e. The summed E-state index contributed by atoms with van der Waals surface area (Å²) in [5, 5.41) is 30.9. The third kappa shape index (κ3) is 8.91. The zero-order valence-electron chi connectivity index (χ0n) is 28.3. The highest BCUT2D eigenvalue weighted by Gasteiger charge is 2.32. The molecule has 48 heavy (non-hydrogen) atoms. The van der Waals surface area contributed by atoms with Gasteiger partial charge >= 0.3 is 5.97 Å². The van der Waals surface area contributed by atoms with E-state index in [9.17, 15) is 24.6 Å². The van der Waals surface area contributed by atoms with Gasteiger partial charge in [0.15, 0.2) is 6.61 Å². The zero-order chi connectivity index (χ0) is 35.0. The van der Waals surface area contributed by atoms with Crippen LogP contribution in [0.5, 0.6) is 0 Å². The van der Waals surface area contributed by atoms with E-state index in [0.29, 0.717) is 5.92 Å². The average Bonchev–Trinajstić information content (AvgIpc) is 3.65. The molecule has 0 aliphatic heterocycles. The number of carbonyl (C=O) groups is 3. The third-order valence-electron chi connectivity index (χ3n) is 8.46. The van der Waals surface area contributed by atoms with Crippen molar-refractivity contribution in [1.29, 1.82) is 0 Å². The van der Waals surface area contributed by atoms with Crippen molar-refractivity contribution in [2.75, 3.05) is 20.8 Å². The predicted octanol–water partition coefficient (Wildman–Crippen LogP) is 2.41. The highest BCUT2D eigenvalue weighted by Crippen LogP contribution is 2.26. The number of fused-ring (bicyclic) bond motifs is 2. The average molecular weight is 666 g/mol. The minimum Gasteiger partial charge on any atom is -0.467 e. The van der Waals surface area contributed by atoms with Crippen LogP contribution in [-0.4, -0.2) is 94.9 Å². The fourth-order valence-electron chi connectivity index (χ4n) is 5.93. The topological polar surface area (TPSA) is 187 Å².